The van der Waals surface area contributed by atoms with E-state index < -0.39 is 0 Å². The first-order chi connectivity index (χ1) is 11.4. The second kappa shape index (κ2) is 6.43. The summed E-state index contributed by atoms with van der Waals surface area (Å²) >= 11 is 1.36. The number of esters is 1. The lowest BCUT2D eigenvalue weighted by Crippen LogP contribution is -2.13. The van der Waals surface area contributed by atoms with Crippen molar-refractivity contribution in [3.8, 4) is 0 Å². The van der Waals surface area contributed by atoms with Crippen LogP contribution in [0.25, 0.3) is 16.6 Å². The average molecular weight is 343 g/mol. The number of hydrogen-bond acceptors (Lipinski definition) is 5. The number of aryl methyl sites for hydroxylation is 3. The Morgan fingerprint density at radius 3 is 2.67 bits per heavy atom. The molecule has 24 heavy (non-hydrogen) atoms. The quantitative estimate of drug-likeness (QED) is 0.532. The molecule has 126 valence electrons. The van der Waals surface area contributed by atoms with E-state index in [-0.39, 0.29) is 17.8 Å². The number of hydrogen-bond donors (Lipinski definition) is 0. The lowest BCUT2D eigenvalue weighted by Gasteiger charge is -2.11. The third-order valence-electron chi connectivity index (χ3n) is 4.00. The zero-order valence-electron chi connectivity index (χ0n) is 14.6. The van der Waals surface area contributed by atoms with Crippen molar-refractivity contribution in [3.05, 3.63) is 34.9 Å². The Kier molecular flexibility index (Phi) is 4.49. The molecule has 0 N–H and O–H groups in total. The summed E-state index contributed by atoms with van der Waals surface area (Å²) in [5, 5.41) is 10.5. The summed E-state index contributed by atoms with van der Waals surface area (Å²) < 4.78 is 7.25. The van der Waals surface area contributed by atoms with Crippen LogP contribution in [0.2, 0.25) is 0 Å². The predicted molar refractivity (Wildman–Crippen MR) is 96.7 cm³/mol. The topological polar surface area (TPSA) is 56.5 Å². The average Bonchev–Trinajstić information content (AvgIpc) is 2.93. The van der Waals surface area contributed by atoms with Crippen molar-refractivity contribution in [2.75, 3.05) is 5.75 Å². The molecular formula is C18H21N3O2S. The number of rotatable bonds is 4. The first-order valence-corrected chi connectivity index (χ1v) is 8.94. The van der Waals surface area contributed by atoms with Crippen LogP contribution in [0, 0.1) is 20.8 Å². The summed E-state index contributed by atoms with van der Waals surface area (Å²) in [6.45, 7) is 9.92. The summed E-state index contributed by atoms with van der Waals surface area (Å²) in [6.07, 6.45) is -0.110. The molecule has 6 heteroatoms. The minimum absolute atomic E-state index is 0.110. The lowest BCUT2D eigenvalue weighted by atomic mass is 10.0. The van der Waals surface area contributed by atoms with Crippen LogP contribution in [0.5, 0.6) is 0 Å². The summed E-state index contributed by atoms with van der Waals surface area (Å²) in [5.41, 5.74) is 5.41. The largest absolute Gasteiger partial charge is 0.462 e. The Hall–Kier alpha value is -2.08. The smallest absolute Gasteiger partial charge is 0.316 e. The van der Waals surface area contributed by atoms with Crippen LogP contribution < -0.4 is 0 Å². The van der Waals surface area contributed by atoms with Gasteiger partial charge in [-0.1, -0.05) is 23.9 Å². The molecule has 0 amide bonds. The van der Waals surface area contributed by atoms with Crippen molar-refractivity contribution >= 4 is 34.3 Å². The van der Waals surface area contributed by atoms with Crippen molar-refractivity contribution in [1.29, 1.82) is 0 Å². The Morgan fingerprint density at radius 1 is 1.21 bits per heavy atom. The van der Waals surface area contributed by atoms with E-state index in [0.717, 1.165) is 22.1 Å². The van der Waals surface area contributed by atoms with E-state index in [9.17, 15) is 4.79 Å². The van der Waals surface area contributed by atoms with Gasteiger partial charge in [-0.15, -0.1) is 10.2 Å². The number of pyridine rings is 1. The fourth-order valence-electron chi connectivity index (χ4n) is 2.77. The Labute approximate surface area is 145 Å². The van der Waals surface area contributed by atoms with Crippen LogP contribution in [0.3, 0.4) is 0 Å². The van der Waals surface area contributed by atoms with E-state index in [1.54, 1.807) is 0 Å². The van der Waals surface area contributed by atoms with Crippen LogP contribution in [-0.2, 0) is 9.53 Å². The van der Waals surface area contributed by atoms with Crippen LogP contribution in [0.4, 0.5) is 0 Å². The van der Waals surface area contributed by atoms with Gasteiger partial charge in [-0.3, -0.25) is 9.20 Å². The van der Waals surface area contributed by atoms with E-state index >= 15 is 0 Å². The molecular weight excluding hydrogens is 322 g/mol. The standard InChI is InChI=1S/C18H21N3O2S/c1-10(2)23-15(22)9-24-18-20-19-17-12(4)8-14-7-6-11(3)13(5)16(14)21(17)18/h6-8,10H,9H2,1-5H3. The summed E-state index contributed by atoms with van der Waals surface area (Å²) in [5.74, 6) is -0.0177. The second-order valence-corrected chi connectivity index (χ2v) is 7.18. The second-order valence-electron chi connectivity index (χ2n) is 6.24. The van der Waals surface area contributed by atoms with E-state index in [4.69, 9.17) is 4.74 Å². The highest BCUT2D eigenvalue weighted by Gasteiger charge is 2.16. The molecule has 2 aromatic heterocycles. The maximum atomic E-state index is 11.8. The van der Waals surface area contributed by atoms with E-state index in [1.807, 2.05) is 20.8 Å². The molecule has 0 aliphatic heterocycles. The number of aromatic nitrogens is 3. The van der Waals surface area contributed by atoms with Crippen molar-refractivity contribution < 1.29 is 9.53 Å². The van der Waals surface area contributed by atoms with Gasteiger partial charge >= 0.3 is 5.97 Å². The highest BCUT2D eigenvalue weighted by atomic mass is 32.2. The fourth-order valence-corrected chi connectivity index (χ4v) is 3.49. The van der Waals surface area contributed by atoms with Gasteiger partial charge in [0.2, 0.25) is 0 Å². The molecule has 0 unspecified atom stereocenters. The number of nitrogens with zero attached hydrogens (tertiary/aromatic N) is 3. The van der Waals surface area contributed by atoms with Gasteiger partial charge < -0.3 is 4.74 Å². The minimum Gasteiger partial charge on any atom is -0.462 e. The van der Waals surface area contributed by atoms with Gasteiger partial charge in [0.15, 0.2) is 10.8 Å². The predicted octanol–water partition coefficient (Wildman–Crippen LogP) is 3.85. The van der Waals surface area contributed by atoms with Gasteiger partial charge in [0.25, 0.3) is 0 Å². The first-order valence-electron chi connectivity index (χ1n) is 7.95. The van der Waals surface area contributed by atoms with Gasteiger partial charge in [0.05, 0.1) is 17.4 Å². The monoisotopic (exact) mass is 343 g/mol. The summed E-state index contributed by atoms with van der Waals surface area (Å²) in [7, 11) is 0. The van der Waals surface area contributed by atoms with Gasteiger partial charge in [-0.05, 0) is 62.8 Å². The normalized spacial score (nSPS) is 11.6. The molecule has 0 bridgehead atoms. The molecule has 0 aliphatic rings. The molecule has 0 radical (unpaired) electrons. The van der Waals surface area contributed by atoms with E-state index in [2.05, 4.69) is 46.6 Å². The molecule has 0 aliphatic carbocycles. The third kappa shape index (κ3) is 2.98. The van der Waals surface area contributed by atoms with Crippen LogP contribution >= 0.6 is 11.8 Å². The molecule has 5 nitrogen and oxygen atoms in total. The molecule has 0 saturated heterocycles. The lowest BCUT2D eigenvalue weighted by molar-refractivity contribution is -0.144. The van der Waals surface area contributed by atoms with E-state index in [0.29, 0.717) is 5.16 Å². The minimum atomic E-state index is -0.239. The summed E-state index contributed by atoms with van der Waals surface area (Å²) in [6, 6.07) is 6.37. The highest BCUT2D eigenvalue weighted by molar-refractivity contribution is 7.99. The Morgan fingerprint density at radius 2 is 1.96 bits per heavy atom. The first kappa shape index (κ1) is 16.8. The molecule has 0 atom stereocenters. The Bertz CT molecular complexity index is 931. The van der Waals surface area contributed by atoms with Crippen LogP contribution in [-0.4, -0.2) is 32.4 Å². The maximum Gasteiger partial charge on any atom is 0.316 e. The fraction of sp³-hybridized carbons (Fsp3) is 0.389. The number of fused-ring (bicyclic) bond motifs is 3. The van der Waals surface area contributed by atoms with Crippen LogP contribution in [0.15, 0.2) is 23.4 Å². The molecule has 0 spiro atoms. The van der Waals surface area contributed by atoms with Crippen molar-refractivity contribution in [3.63, 3.8) is 0 Å². The molecule has 3 aromatic rings. The Balaban J connectivity index is 2.09. The summed E-state index contributed by atoms with van der Waals surface area (Å²) in [4.78, 5) is 11.8. The number of carbonyl (C=O) groups excluding carboxylic acids is 1. The number of benzene rings is 1. The van der Waals surface area contributed by atoms with Gasteiger partial charge in [0, 0.05) is 0 Å². The van der Waals surface area contributed by atoms with Crippen molar-refractivity contribution in [2.24, 2.45) is 0 Å². The maximum absolute atomic E-state index is 11.8. The number of carbonyl (C=O) groups is 1. The SMILES string of the molecule is Cc1ccc2cc(C)c3nnc(SCC(=O)OC(C)C)n3c2c1C. The molecule has 1 aromatic carbocycles. The third-order valence-corrected chi connectivity index (χ3v) is 4.90. The van der Waals surface area contributed by atoms with Crippen LogP contribution in [0.1, 0.15) is 30.5 Å². The van der Waals surface area contributed by atoms with Crippen molar-refractivity contribution in [1.82, 2.24) is 14.6 Å². The highest BCUT2D eigenvalue weighted by Crippen LogP contribution is 2.29. The number of ether oxygens (including phenoxy) is 1. The van der Waals surface area contributed by atoms with Gasteiger partial charge in [-0.25, -0.2) is 0 Å². The zero-order valence-corrected chi connectivity index (χ0v) is 15.4. The van der Waals surface area contributed by atoms with Crippen molar-refractivity contribution in [2.45, 2.75) is 45.9 Å². The van der Waals surface area contributed by atoms with E-state index in [1.165, 1.54) is 22.9 Å². The number of thioether (sulfide) groups is 1. The zero-order chi connectivity index (χ0) is 17.4. The molecule has 3 rings (SSSR count). The molecule has 2 heterocycles. The molecule has 0 fully saturated rings. The molecule has 0 saturated carbocycles. The van der Waals surface area contributed by atoms with Gasteiger partial charge in [-0.2, -0.15) is 0 Å². The van der Waals surface area contributed by atoms with Gasteiger partial charge in [0.1, 0.15) is 0 Å².